The highest BCUT2D eigenvalue weighted by Gasteiger charge is 2.36. The molecule has 0 radical (unpaired) electrons. The molecule has 0 saturated carbocycles. The molecule has 9 heteroatoms. The van der Waals surface area contributed by atoms with Gasteiger partial charge in [0, 0.05) is 0 Å². The van der Waals surface area contributed by atoms with Crippen molar-refractivity contribution in [3.63, 3.8) is 0 Å². The van der Waals surface area contributed by atoms with Crippen molar-refractivity contribution in [2.75, 3.05) is 19.5 Å². The van der Waals surface area contributed by atoms with Gasteiger partial charge in [-0.2, -0.15) is 0 Å². The topological polar surface area (TPSA) is 61.3 Å². The van der Waals surface area contributed by atoms with E-state index >= 15 is 0 Å². The van der Waals surface area contributed by atoms with Gasteiger partial charge in [-0.05, 0) is 20.1 Å². The van der Waals surface area contributed by atoms with Crippen molar-refractivity contribution >= 4 is 42.5 Å². The molecular weight excluding hydrogens is 299 g/mol. The third-order valence-electron chi connectivity index (χ3n) is 1.62. The summed E-state index contributed by atoms with van der Waals surface area (Å²) in [6, 6.07) is 0. The van der Waals surface area contributed by atoms with Crippen LogP contribution in [0.15, 0.2) is 9.85 Å². The molecule has 0 aliphatic carbocycles. The Morgan fingerprint density at radius 1 is 1.47 bits per heavy atom. The summed E-state index contributed by atoms with van der Waals surface area (Å²) in [6.45, 7) is 4.34. The molecule has 5 nitrogen and oxygen atoms in total. The molecule has 1 rings (SSSR count). The van der Waals surface area contributed by atoms with E-state index in [9.17, 15) is 4.57 Å². The Balaban J connectivity index is 2.78. The average Bonchev–Trinajstić information content (AvgIpc) is 2.79. The summed E-state index contributed by atoms with van der Waals surface area (Å²) in [5, 5.41) is 7.67. The molecule has 17 heavy (non-hydrogen) atoms. The molecule has 98 valence electrons. The third-order valence-corrected chi connectivity index (χ3v) is 8.68. The number of nitrogens with zero attached hydrogens (tertiary/aromatic N) is 2. The van der Waals surface area contributed by atoms with Crippen LogP contribution in [0.5, 0.6) is 0 Å². The van der Waals surface area contributed by atoms with Gasteiger partial charge in [0.1, 0.15) is 5.51 Å². The molecule has 0 saturated heterocycles. The number of thioether (sulfide) groups is 2. The van der Waals surface area contributed by atoms with Gasteiger partial charge >= 0.3 is 7.60 Å². The van der Waals surface area contributed by atoms with E-state index in [1.54, 1.807) is 19.4 Å². The monoisotopic (exact) mass is 314 g/mol. The fraction of sp³-hybridized carbons (Fsp3) is 0.750. The van der Waals surface area contributed by atoms with Crippen LogP contribution in [0.3, 0.4) is 0 Å². The zero-order valence-corrected chi connectivity index (χ0v) is 13.2. The fourth-order valence-corrected chi connectivity index (χ4v) is 6.92. The molecule has 0 fully saturated rings. The highest BCUT2D eigenvalue weighted by Crippen LogP contribution is 2.62. The zero-order valence-electron chi connectivity index (χ0n) is 9.86. The number of aromatic nitrogens is 2. The van der Waals surface area contributed by atoms with Crippen molar-refractivity contribution in [1.29, 1.82) is 0 Å². The second-order valence-corrected chi connectivity index (χ2v) is 8.98. The van der Waals surface area contributed by atoms with Crippen LogP contribution in [-0.4, -0.2) is 34.0 Å². The molecule has 0 aliphatic rings. The number of hydrogen-bond donors (Lipinski definition) is 0. The minimum absolute atomic E-state index is 0.310. The van der Waals surface area contributed by atoms with Gasteiger partial charge in [-0.3, -0.25) is 4.57 Å². The molecule has 1 aromatic rings. The molecule has 1 heterocycles. The maximum absolute atomic E-state index is 12.5. The molecule has 0 aliphatic heterocycles. The predicted molar refractivity (Wildman–Crippen MR) is 73.9 cm³/mol. The molecule has 0 N–H and O–H groups in total. The Morgan fingerprint density at radius 2 is 2.12 bits per heavy atom. The van der Waals surface area contributed by atoms with Gasteiger partial charge in [-0.25, -0.2) is 0 Å². The molecule has 0 spiro atoms. The molecular formula is C8H15N2O3PS3. The van der Waals surface area contributed by atoms with Gasteiger partial charge in [0.2, 0.25) is 0 Å². The smallest absolute Gasteiger partial charge is 0.308 e. The molecule has 1 unspecified atom stereocenters. The van der Waals surface area contributed by atoms with Crippen molar-refractivity contribution in [1.82, 2.24) is 10.2 Å². The van der Waals surface area contributed by atoms with Crippen molar-refractivity contribution in [2.24, 2.45) is 0 Å². The van der Waals surface area contributed by atoms with Crippen LogP contribution in [0.2, 0.25) is 0 Å². The van der Waals surface area contributed by atoms with Crippen molar-refractivity contribution in [3.05, 3.63) is 5.51 Å². The van der Waals surface area contributed by atoms with Crippen LogP contribution in [0.1, 0.15) is 13.8 Å². The molecule has 1 aromatic heterocycles. The summed E-state index contributed by atoms with van der Waals surface area (Å²) >= 11 is 4.23. The summed E-state index contributed by atoms with van der Waals surface area (Å²) in [6.07, 6.45) is 1.88. The SMILES string of the molecule is CCOP(=O)(OCC)C(SC)Sc1nncs1. The van der Waals surface area contributed by atoms with Crippen LogP contribution in [-0.2, 0) is 13.6 Å². The molecule has 1 atom stereocenters. The maximum Gasteiger partial charge on any atom is 0.353 e. The lowest BCUT2D eigenvalue weighted by Crippen LogP contribution is -2.06. The largest absolute Gasteiger partial charge is 0.353 e. The van der Waals surface area contributed by atoms with Gasteiger partial charge in [0.15, 0.2) is 8.66 Å². The Morgan fingerprint density at radius 3 is 2.53 bits per heavy atom. The lowest BCUT2D eigenvalue weighted by Gasteiger charge is -2.23. The zero-order chi connectivity index (χ0) is 12.7. The molecule has 0 aromatic carbocycles. The lowest BCUT2D eigenvalue weighted by molar-refractivity contribution is 0.222. The van der Waals surface area contributed by atoms with E-state index in [0.29, 0.717) is 13.2 Å². The maximum atomic E-state index is 12.5. The standard InChI is InChI=1S/C8H15N2O3PS3/c1-4-12-14(11,13-5-2)8(15-3)17-7-10-9-6-16-7/h6,8H,4-5H2,1-3H3. The molecule has 0 amide bonds. The number of hydrogen-bond acceptors (Lipinski definition) is 8. The van der Waals surface area contributed by atoms with Crippen LogP contribution in [0.25, 0.3) is 0 Å². The Labute approximate surface area is 114 Å². The van der Waals surface area contributed by atoms with Gasteiger partial charge in [-0.1, -0.05) is 23.1 Å². The lowest BCUT2D eigenvalue weighted by atomic mass is 10.9. The van der Waals surface area contributed by atoms with Gasteiger partial charge < -0.3 is 9.05 Å². The van der Waals surface area contributed by atoms with Crippen LogP contribution in [0.4, 0.5) is 0 Å². The quantitative estimate of drug-likeness (QED) is 0.413. The van der Waals surface area contributed by atoms with Gasteiger partial charge in [0.05, 0.1) is 13.2 Å². The van der Waals surface area contributed by atoms with Gasteiger partial charge in [0.25, 0.3) is 0 Å². The number of rotatable bonds is 8. The van der Waals surface area contributed by atoms with Crippen LogP contribution < -0.4 is 0 Å². The summed E-state index contributed by atoms with van der Waals surface area (Å²) in [5.74, 6) is 0. The van der Waals surface area contributed by atoms with Crippen molar-refractivity contribution in [3.8, 4) is 0 Å². The average molecular weight is 314 g/mol. The Hall–Kier alpha value is 0.410. The Bertz CT molecular complexity index is 353. The summed E-state index contributed by atoms with van der Waals surface area (Å²) < 4.78 is 23.6. The van der Waals surface area contributed by atoms with E-state index in [4.69, 9.17) is 9.05 Å². The van der Waals surface area contributed by atoms with E-state index < -0.39 is 7.60 Å². The Kier molecular flexibility index (Phi) is 7.06. The minimum Gasteiger partial charge on any atom is -0.308 e. The van der Waals surface area contributed by atoms with Crippen LogP contribution in [0, 0.1) is 0 Å². The highest BCUT2D eigenvalue weighted by molar-refractivity contribution is 8.23. The predicted octanol–water partition coefficient (Wildman–Crippen LogP) is 3.54. The summed E-state index contributed by atoms with van der Waals surface area (Å²) in [7, 11) is -3.11. The summed E-state index contributed by atoms with van der Waals surface area (Å²) in [5.41, 5.74) is 1.64. The third kappa shape index (κ3) is 4.54. The van der Waals surface area contributed by atoms with E-state index in [1.807, 2.05) is 6.26 Å². The summed E-state index contributed by atoms with van der Waals surface area (Å²) in [4.78, 5) is 0. The van der Waals surface area contributed by atoms with E-state index in [2.05, 4.69) is 10.2 Å². The first kappa shape index (κ1) is 15.5. The first-order chi connectivity index (χ1) is 8.16. The van der Waals surface area contributed by atoms with E-state index in [1.165, 1.54) is 34.9 Å². The van der Waals surface area contributed by atoms with Crippen molar-refractivity contribution < 1.29 is 13.6 Å². The second kappa shape index (κ2) is 7.76. The van der Waals surface area contributed by atoms with Crippen LogP contribution >= 0.6 is 42.5 Å². The van der Waals surface area contributed by atoms with E-state index in [0.717, 1.165) is 4.34 Å². The second-order valence-electron chi connectivity index (χ2n) is 2.74. The van der Waals surface area contributed by atoms with Gasteiger partial charge in [-0.15, -0.1) is 22.0 Å². The van der Waals surface area contributed by atoms with Crippen molar-refractivity contribution in [2.45, 2.75) is 22.5 Å². The first-order valence-corrected chi connectivity index (χ1v) is 9.66. The highest BCUT2D eigenvalue weighted by atomic mass is 32.2. The molecule has 0 bridgehead atoms. The van der Waals surface area contributed by atoms with E-state index in [-0.39, 0.29) is 4.32 Å². The minimum atomic E-state index is -3.11. The fourth-order valence-electron chi connectivity index (χ4n) is 1.06. The normalized spacial score (nSPS) is 13.8. The first-order valence-electron chi connectivity index (χ1n) is 5.00.